The molecule has 0 aliphatic heterocycles. The summed E-state index contributed by atoms with van der Waals surface area (Å²) in [6, 6.07) is 0. The van der Waals surface area contributed by atoms with Crippen molar-refractivity contribution in [1.82, 2.24) is 0 Å². The topological polar surface area (TPSA) is 17.1 Å². The SMILES string of the molecule is O=C1CCCC[C@H]2CCCC12. The maximum Gasteiger partial charge on any atom is 0.136 e. The standard InChI is InChI=1S/C10H16O/c11-10-7-2-1-4-8-5-3-6-9(8)10/h8-9H,1-7H2/t8-,9?/m0/s1. The smallest absolute Gasteiger partial charge is 0.136 e. The first kappa shape index (κ1) is 7.33. The average Bonchev–Trinajstić information content (AvgIpc) is 2.40. The van der Waals surface area contributed by atoms with Gasteiger partial charge < -0.3 is 0 Å². The average molecular weight is 152 g/mol. The number of carbonyl (C=O) groups excluding carboxylic acids is 1. The lowest BCUT2D eigenvalue weighted by Crippen LogP contribution is -2.15. The number of hydrogen-bond donors (Lipinski definition) is 0. The molecule has 1 nitrogen and oxygen atoms in total. The van der Waals surface area contributed by atoms with Crippen LogP contribution in [0.4, 0.5) is 0 Å². The van der Waals surface area contributed by atoms with E-state index in [0.717, 1.165) is 18.8 Å². The van der Waals surface area contributed by atoms with Gasteiger partial charge in [0.25, 0.3) is 0 Å². The summed E-state index contributed by atoms with van der Waals surface area (Å²) in [5.41, 5.74) is 0. The first-order chi connectivity index (χ1) is 5.38. The van der Waals surface area contributed by atoms with Crippen LogP contribution in [-0.2, 0) is 4.79 Å². The summed E-state index contributed by atoms with van der Waals surface area (Å²) in [6.07, 6.45) is 8.50. The number of ketones is 1. The Labute approximate surface area is 68.2 Å². The molecule has 2 atom stereocenters. The molecule has 0 aromatic rings. The zero-order valence-corrected chi connectivity index (χ0v) is 7.01. The second kappa shape index (κ2) is 2.96. The van der Waals surface area contributed by atoms with Gasteiger partial charge in [0, 0.05) is 12.3 Å². The van der Waals surface area contributed by atoms with Gasteiger partial charge in [0.2, 0.25) is 0 Å². The number of carbonyl (C=O) groups is 1. The van der Waals surface area contributed by atoms with E-state index in [1.54, 1.807) is 0 Å². The summed E-state index contributed by atoms with van der Waals surface area (Å²) >= 11 is 0. The molecule has 2 saturated carbocycles. The molecule has 0 amide bonds. The Balaban J connectivity index is 2.09. The number of fused-ring (bicyclic) bond motifs is 1. The molecule has 11 heavy (non-hydrogen) atoms. The van der Waals surface area contributed by atoms with Crippen molar-refractivity contribution in [2.45, 2.75) is 44.9 Å². The summed E-state index contributed by atoms with van der Waals surface area (Å²) in [4.78, 5) is 11.5. The first-order valence-corrected chi connectivity index (χ1v) is 4.90. The molecule has 2 fully saturated rings. The molecule has 0 spiro atoms. The fourth-order valence-corrected chi connectivity index (χ4v) is 2.70. The van der Waals surface area contributed by atoms with E-state index in [-0.39, 0.29) is 0 Å². The van der Waals surface area contributed by atoms with E-state index in [1.165, 1.54) is 32.1 Å². The number of rotatable bonds is 0. The van der Waals surface area contributed by atoms with E-state index in [1.807, 2.05) is 0 Å². The molecule has 0 heterocycles. The minimum atomic E-state index is 0.484. The lowest BCUT2D eigenvalue weighted by molar-refractivity contribution is -0.123. The van der Waals surface area contributed by atoms with Crippen molar-refractivity contribution < 1.29 is 4.79 Å². The molecule has 2 aliphatic carbocycles. The fourth-order valence-electron chi connectivity index (χ4n) is 2.70. The third kappa shape index (κ3) is 1.33. The summed E-state index contributed by atoms with van der Waals surface area (Å²) < 4.78 is 0. The van der Waals surface area contributed by atoms with Crippen LogP contribution in [0.1, 0.15) is 44.9 Å². The number of Topliss-reactive ketones (excluding diaryl/α,β-unsaturated/α-hetero) is 1. The van der Waals surface area contributed by atoms with Gasteiger partial charge in [-0.1, -0.05) is 12.8 Å². The maximum absolute atomic E-state index is 11.5. The summed E-state index contributed by atoms with van der Waals surface area (Å²) in [5.74, 6) is 1.84. The van der Waals surface area contributed by atoms with Crippen molar-refractivity contribution in [3.63, 3.8) is 0 Å². The van der Waals surface area contributed by atoms with E-state index in [9.17, 15) is 4.79 Å². The van der Waals surface area contributed by atoms with E-state index in [2.05, 4.69) is 0 Å². The highest BCUT2D eigenvalue weighted by molar-refractivity contribution is 5.81. The predicted octanol–water partition coefficient (Wildman–Crippen LogP) is 2.55. The quantitative estimate of drug-likeness (QED) is 0.521. The van der Waals surface area contributed by atoms with Crippen LogP contribution in [0.2, 0.25) is 0 Å². The molecule has 0 N–H and O–H groups in total. The molecule has 2 aliphatic rings. The summed E-state index contributed by atoms with van der Waals surface area (Å²) in [6.45, 7) is 0. The second-order valence-corrected chi connectivity index (χ2v) is 4.01. The van der Waals surface area contributed by atoms with Crippen molar-refractivity contribution in [3.8, 4) is 0 Å². The van der Waals surface area contributed by atoms with E-state index in [4.69, 9.17) is 0 Å². The van der Waals surface area contributed by atoms with E-state index < -0.39 is 0 Å². The van der Waals surface area contributed by atoms with Crippen LogP contribution in [0.25, 0.3) is 0 Å². The fraction of sp³-hybridized carbons (Fsp3) is 0.900. The van der Waals surface area contributed by atoms with Crippen LogP contribution in [0.3, 0.4) is 0 Å². The van der Waals surface area contributed by atoms with Crippen LogP contribution in [0.5, 0.6) is 0 Å². The van der Waals surface area contributed by atoms with Gasteiger partial charge >= 0.3 is 0 Å². The second-order valence-electron chi connectivity index (χ2n) is 4.01. The lowest BCUT2D eigenvalue weighted by atomic mass is 9.91. The van der Waals surface area contributed by atoms with Gasteiger partial charge in [-0.2, -0.15) is 0 Å². The molecule has 0 radical (unpaired) electrons. The Kier molecular flexibility index (Phi) is 1.97. The molecule has 0 saturated heterocycles. The maximum atomic E-state index is 11.5. The van der Waals surface area contributed by atoms with Crippen molar-refractivity contribution in [2.24, 2.45) is 11.8 Å². The third-order valence-corrected chi connectivity index (χ3v) is 3.32. The van der Waals surface area contributed by atoms with Gasteiger partial charge in [-0.25, -0.2) is 0 Å². The van der Waals surface area contributed by atoms with Gasteiger partial charge in [0.1, 0.15) is 5.78 Å². The Morgan fingerprint density at radius 3 is 2.73 bits per heavy atom. The molecule has 62 valence electrons. The monoisotopic (exact) mass is 152 g/mol. The molecule has 1 unspecified atom stereocenters. The van der Waals surface area contributed by atoms with Gasteiger partial charge in [-0.3, -0.25) is 4.79 Å². The Morgan fingerprint density at radius 2 is 1.82 bits per heavy atom. The van der Waals surface area contributed by atoms with Gasteiger partial charge in [-0.15, -0.1) is 0 Å². The highest BCUT2D eigenvalue weighted by atomic mass is 16.1. The minimum absolute atomic E-state index is 0.484. The summed E-state index contributed by atoms with van der Waals surface area (Å²) in [5, 5.41) is 0. The van der Waals surface area contributed by atoms with Crippen LogP contribution in [0, 0.1) is 11.8 Å². The van der Waals surface area contributed by atoms with Crippen molar-refractivity contribution >= 4 is 5.78 Å². The molecule has 2 rings (SSSR count). The Morgan fingerprint density at radius 1 is 1.00 bits per heavy atom. The normalized spacial score (nSPS) is 38.4. The van der Waals surface area contributed by atoms with Gasteiger partial charge in [0.15, 0.2) is 0 Å². The van der Waals surface area contributed by atoms with Gasteiger partial charge in [0.05, 0.1) is 0 Å². The van der Waals surface area contributed by atoms with Crippen LogP contribution in [0.15, 0.2) is 0 Å². The van der Waals surface area contributed by atoms with Gasteiger partial charge in [-0.05, 0) is 31.6 Å². The van der Waals surface area contributed by atoms with E-state index >= 15 is 0 Å². The minimum Gasteiger partial charge on any atom is -0.299 e. The highest BCUT2D eigenvalue weighted by Crippen LogP contribution is 2.38. The zero-order valence-electron chi connectivity index (χ0n) is 7.01. The molecular weight excluding hydrogens is 136 g/mol. The van der Waals surface area contributed by atoms with Crippen molar-refractivity contribution in [2.75, 3.05) is 0 Å². The highest BCUT2D eigenvalue weighted by Gasteiger charge is 2.33. The van der Waals surface area contributed by atoms with Crippen LogP contribution >= 0.6 is 0 Å². The third-order valence-electron chi connectivity index (χ3n) is 3.32. The van der Waals surface area contributed by atoms with E-state index in [0.29, 0.717) is 11.7 Å². The first-order valence-electron chi connectivity index (χ1n) is 4.90. The molecule has 0 aromatic carbocycles. The molecule has 1 heteroatoms. The number of hydrogen-bond acceptors (Lipinski definition) is 1. The molecular formula is C10H16O. The zero-order chi connectivity index (χ0) is 7.68. The summed E-state index contributed by atoms with van der Waals surface area (Å²) in [7, 11) is 0. The van der Waals surface area contributed by atoms with Crippen LogP contribution in [-0.4, -0.2) is 5.78 Å². The molecule has 0 bridgehead atoms. The molecule has 0 aromatic heterocycles. The Bertz CT molecular complexity index is 162. The van der Waals surface area contributed by atoms with Crippen molar-refractivity contribution in [3.05, 3.63) is 0 Å². The Hall–Kier alpha value is -0.330. The van der Waals surface area contributed by atoms with Crippen molar-refractivity contribution in [1.29, 1.82) is 0 Å². The predicted molar refractivity (Wildman–Crippen MR) is 44.3 cm³/mol. The van der Waals surface area contributed by atoms with Crippen LogP contribution < -0.4 is 0 Å². The lowest BCUT2D eigenvalue weighted by Gasteiger charge is -2.13. The largest absolute Gasteiger partial charge is 0.299 e.